The molecule has 1 fully saturated rings. The summed E-state index contributed by atoms with van der Waals surface area (Å²) in [5, 5.41) is 9.93. The first kappa shape index (κ1) is 12.5. The molecule has 5 heteroatoms. The number of aryl methyl sites for hydroxylation is 2. The Balaban J connectivity index is 1.98. The molecule has 2 rings (SSSR count). The smallest absolute Gasteiger partial charge is 0.255 e. The molecular formula is C12H19N3OS. The first-order valence-electron chi connectivity index (χ1n) is 5.93. The van der Waals surface area contributed by atoms with Crippen molar-refractivity contribution in [3.05, 3.63) is 17.0 Å². The van der Waals surface area contributed by atoms with Crippen LogP contribution in [0.15, 0.2) is 0 Å². The molecule has 4 nitrogen and oxygen atoms in total. The van der Waals surface area contributed by atoms with Gasteiger partial charge < -0.3 is 5.32 Å². The Labute approximate surface area is 106 Å². The fraction of sp³-hybridized carbons (Fsp3) is 0.667. The number of hydrogen-bond donors (Lipinski definition) is 2. The highest BCUT2D eigenvalue weighted by molar-refractivity contribution is 8.00. The number of rotatable bonds is 4. The molecule has 0 aromatic carbocycles. The number of hydrogen-bond acceptors (Lipinski definition) is 3. The maximum absolute atomic E-state index is 12.1. The lowest BCUT2D eigenvalue weighted by Crippen LogP contribution is -2.45. The van der Waals surface area contributed by atoms with Crippen LogP contribution < -0.4 is 5.32 Å². The Morgan fingerprint density at radius 1 is 1.53 bits per heavy atom. The summed E-state index contributed by atoms with van der Waals surface area (Å²) in [5.41, 5.74) is 2.30. The number of aromatic nitrogens is 2. The van der Waals surface area contributed by atoms with E-state index < -0.39 is 0 Å². The van der Waals surface area contributed by atoms with Crippen LogP contribution in [0.2, 0.25) is 0 Å². The van der Waals surface area contributed by atoms with Crippen LogP contribution in [0.1, 0.15) is 41.0 Å². The minimum Gasteiger partial charge on any atom is -0.351 e. The fourth-order valence-electron chi connectivity index (χ4n) is 2.24. The zero-order valence-electron chi connectivity index (χ0n) is 10.6. The van der Waals surface area contributed by atoms with Crippen LogP contribution in [-0.4, -0.2) is 33.7 Å². The molecular weight excluding hydrogens is 234 g/mol. The zero-order valence-corrected chi connectivity index (χ0v) is 11.4. The van der Waals surface area contributed by atoms with Crippen molar-refractivity contribution >= 4 is 17.7 Å². The van der Waals surface area contributed by atoms with E-state index in [0.717, 1.165) is 17.9 Å². The second kappa shape index (κ2) is 4.72. The summed E-state index contributed by atoms with van der Waals surface area (Å²) in [6.45, 7) is 4.49. The number of aromatic amines is 1. The van der Waals surface area contributed by atoms with E-state index >= 15 is 0 Å². The van der Waals surface area contributed by atoms with Gasteiger partial charge in [0.2, 0.25) is 0 Å². The van der Waals surface area contributed by atoms with Crippen LogP contribution in [0.25, 0.3) is 0 Å². The summed E-state index contributed by atoms with van der Waals surface area (Å²) in [6, 6.07) is 0. The summed E-state index contributed by atoms with van der Waals surface area (Å²) in [7, 11) is 0. The number of nitrogens with one attached hydrogen (secondary N) is 2. The third-order valence-electron chi connectivity index (χ3n) is 3.62. The number of thioether (sulfide) groups is 1. The Bertz CT molecular complexity index is 398. The van der Waals surface area contributed by atoms with Crippen molar-refractivity contribution in [3.63, 3.8) is 0 Å². The van der Waals surface area contributed by atoms with Crippen molar-refractivity contribution < 1.29 is 4.79 Å². The van der Waals surface area contributed by atoms with Crippen molar-refractivity contribution in [1.82, 2.24) is 15.5 Å². The predicted molar refractivity (Wildman–Crippen MR) is 70.5 cm³/mol. The van der Waals surface area contributed by atoms with E-state index in [2.05, 4.69) is 21.8 Å². The van der Waals surface area contributed by atoms with Gasteiger partial charge in [-0.2, -0.15) is 16.9 Å². The molecule has 0 aliphatic heterocycles. The van der Waals surface area contributed by atoms with E-state index in [1.54, 1.807) is 0 Å². The third-order valence-corrected chi connectivity index (χ3v) is 5.04. The minimum absolute atomic E-state index is 0.00549. The fourth-order valence-corrected chi connectivity index (χ4v) is 3.15. The molecule has 0 saturated heterocycles. The van der Waals surface area contributed by atoms with Gasteiger partial charge in [-0.1, -0.05) is 6.42 Å². The first-order valence-corrected chi connectivity index (χ1v) is 7.15. The second-order valence-corrected chi connectivity index (χ2v) is 6.01. The molecule has 94 valence electrons. The van der Waals surface area contributed by atoms with Gasteiger partial charge in [0.1, 0.15) is 0 Å². The van der Waals surface area contributed by atoms with Gasteiger partial charge in [0.05, 0.1) is 11.3 Å². The maximum atomic E-state index is 12.1. The molecule has 2 N–H and O–H groups in total. The molecule has 0 spiro atoms. The Morgan fingerprint density at radius 2 is 2.24 bits per heavy atom. The molecule has 0 bridgehead atoms. The minimum atomic E-state index is -0.00549. The summed E-state index contributed by atoms with van der Waals surface area (Å²) in [5.74, 6) is -0.00549. The van der Waals surface area contributed by atoms with Crippen LogP contribution >= 0.6 is 11.8 Å². The quantitative estimate of drug-likeness (QED) is 0.863. The number of carbonyl (C=O) groups excluding carboxylic acids is 1. The number of amides is 1. The summed E-state index contributed by atoms with van der Waals surface area (Å²) in [4.78, 5) is 12.1. The first-order chi connectivity index (χ1) is 8.08. The van der Waals surface area contributed by atoms with Gasteiger partial charge in [0, 0.05) is 17.0 Å². The number of H-pyrrole nitrogens is 1. The van der Waals surface area contributed by atoms with E-state index in [1.165, 1.54) is 19.3 Å². The standard InChI is InChI=1S/C12H19N3OS/c1-8-10(9(2)15-14-8)11(16)13-7-12(17-3)5-4-6-12/h4-7H2,1-3H3,(H,13,16)(H,14,15). The Kier molecular flexibility index (Phi) is 3.47. The largest absolute Gasteiger partial charge is 0.351 e. The van der Waals surface area contributed by atoms with Gasteiger partial charge in [-0.3, -0.25) is 9.89 Å². The predicted octanol–water partition coefficient (Wildman–Crippen LogP) is 2.04. The SMILES string of the molecule is CSC1(CNC(=O)c2c(C)n[nH]c2C)CCC1. The van der Waals surface area contributed by atoms with E-state index in [0.29, 0.717) is 5.56 Å². The second-order valence-electron chi connectivity index (χ2n) is 4.73. The van der Waals surface area contributed by atoms with E-state index in [-0.39, 0.29) is 10.7 Å². The zero-order chi connectivity index (χ0) is 12.5. The lowest BCUT2D eigenvalue weighted by molar-refractivity contribution is 0.0943. The van der Waals surface area contributed by atoms with Crippen LogP contribution in [0.3, 0.4) is 0 Å². The lowest BCUT2D eigenvalue weighted by Gasteiger charge is -2.40. The maximum Gasteiger partial charge on any atom is 0.255 e. The van der Waals surface area contributed by atoms with Gasteiger partial charge in [-0.25, -0.2) is 0 Å². The van der Waals surface area contributed by atoms with Crippen molar-refractivity contribution in [2.45, 2.75) is 37.9 Å². The van der Waals surface area contributed by atoms with Crippen molar-refractivity contribution in [2.24, 2.45) is 0 Å². The van der Waals surface area contributed by atoms with Gasteiger partial charge in [-0.15, -0.1) is 0 Å². The topological polar surface area (TPSA) is 57.8 Å². The molecule has 0 atom stereocenters. The van der Waals surface area contributed by atoms with E-state index in [9.17, 15) is 4.79 Å². The van der Waals surface area contributed by atoms with Gasteiger partial charge in [0.15, 0.2) is 0 Å². The summed E-state index contributed by atoms with van der Waals surface area (Å²) in [6.07, 6.45) is 5.82. The van der Waals surface area contributed by atoms with Crippen LogP contribution in [0.5, 0.6) is 0 Å². The van der Waals surface area contributed by atoms with Crippen molar-refractivity contribution in [2.75, 3.05) is 12.8 Å². The molecule has 0 radical (unpaired) electrons. The highest BCUT2D eigenvalue weighted by Crippen LogP contribution is 2.42. The number of nitrogens with zero attached hydrogens (tertiary/aromatic N) is 1. The highest BCUT2D eigenvalue weighted by atomic mass is 32.2. The average Bonchev–Trinajstić information content (AvgIpc) is 2.57. The molecule has 1 heterocycles. The third kappa shape index (κ3) is 2.34. The Morgan fingerprint density at radius 3 is 2.65 bits per heavy atom. The molecule has 1 saturated carbocycles. The van der Waals surface area contributed by atoms with E-state index in [1.807, 2.05) is 25.6 Å². The van der Waals surface area contributed by atoms with E-state index in [4.69, 9.17) is 0 Å². The van der Waals surface area contributed by atoms with Crippen LogP contribution in [-0.2, 0) is 0 Å². The van der Waals surface area contributed by atoms with Gasteiger partial charge >= 0.3 is 0 Å². The van der Waals surface area contributed by atoms with Crippen LogP contribution in [0.4, 0.5) is 0 Å². The number of carbonyl (C=O) groups is 1. The molecule has 0 unspecified atom stereocenters. The van der Waals surface area contributed by atoms with Crippen molar-refractivity contribution in [1.29, 1.82) is 0 Å². The molecule has 1 aromatic rings. The molecule has 1 aliphatic rings. The molecule has 1 aromatic heterocycles. The molecule has 1 aliphatic carbocycles. The van der Waals surface area contributed by atoms with Crippen LogP contribution in [0, 0.1) is 13.8 Å². The summed E-state index contributed by atoms with van der Waals surface area (Å²) < 4.78 is 0.279. The molecule has 1 amide bonds. The average molecular weight is 253 g/mol. The lowest BCUT2D eigenvalue weighted by atomic mass is 9.84. The highest BCUT2D eigenvalue weighted by Gasteiger charge is 2.36. The monoisotopic (exact) mass is 253 g/mol. The summed E-state index contributed by atoms with van der Waals surface area (Å²) >= 11 is 1.87. The molecule has 17 heavy (non-hydrogen) atoms. The normalized spacial score (nSPS) is 17.6. The van der Waals surface area contributed by atoms with Crippen molar-refractivity contribution in [3.8, 4) is 0 Å². The van der Waals surface area contributed by atoms with Gasteiger partial charge in [0.25, 0.3) is 5.91 Å². The Hall–Kier alpha value is -0.970. The van der Waals surface area contributed by atoms with Gasteiger partial charge in [-0.05, 0) is 32.9 Å².